The van der Waals surface area contributed by atoms with Crippen molar-refractivity contribution in [1.29, 1.82) is 5.41 Å². The normalized spacial score (nSPS) is 17.8. The van der Waals surface area contributed by atoms with Gasteiger partial charge in [-0.25, -0.2) is 4.68 Å². The monoisotopic (exact) mass is 462 g/mol. The molecule has 2 N–H and O–H groups in total. The molecule has 5 rings (SSSR count). The van der Waals surface area contributed by atoms with Crippen molar-refractivity contribution in [3.63, 3.8) is 0 Å². The van der Waals surface area contributed by atoms with Crippen molar-refractivity contribution in [3.05, 3.63) is 70.8 Å². The second kappa shape index (κ2) is 9.80. The number of aromatic nitrogens is 2. The van der Waals surface area contributed by atoms with Crippen LogP contribution in [0.3, 0.4) is 0 Å². The highest BCUT2D eigenvalue weighted by atomic mass is 32.2. The van der Waals surface area contributed by atoms with E-state index < -0.39 is 0 Å². The van der Waals surface area contributed by atoms with Crippen molar-refractivity contribution in [2.24, 2.45) is 0 Å². The quantitative estimate of drug-likeness (QED) is 0.513. The number of hydrogen-bond donors (Lipinski definition) is 2. The lowest BCUT2D eigenvalue weighted by atomic mass is 10.2. The van der Waals surface area contributed by atoms with Gasteiger partial charge in [0.05, 0.1) is 30.4 Å². The van der Waals surface area contributed by atoms with Crippen molar-refractivity contribution in [1.82, 2.24) is 15.1 Å². The minimum absolute atomic E-state index is 0.00141. The molecule has 0 amide bonds. The van der Waals surface area contributed by atoms with Crippen LogP contribution in [0, 0.1) is 5.41 Å². The molecule has 3 heterocycles. The van der Waals surface area contributed by atoms with Gasteiger partial charge in [-0.3, -0.25) is 4.79 Å². The third-order valence-corrected chi connectivity index (χ3v) is 6.77. The van der Waals surface area contributed by atoms with Crippen LogP contribution in [0.1, 0.15) is 24.8 Å². The van der Waals surface area contributed by atoms with E-state index in [1.165, 1.54) is 10.2 Å². The van der Waals surface area contributed by atoms with Gasteiger partial charge in [0.25, 0.3) is 5.56 Å². The highest BCUT2D eigenvalue weighted by Gasteiger charge is 2.13. The first-order chi connectivity index (χ1) is 16.2. The van der Waals surface area contributed by atoms with E-state index in [0.717, 1.165) is 59.8 Å². The molecule has 1 fully saturated rings. The van der Waals surface area contributed by atoms with Gasteiger partial charge in [-0.2, -0.15) is 5.10 Å². The van der Waals surface area contributed by atoms with Crippen LogP contribution in [-0.4, -0.2) is 34.9 Å². The van der Waals surface area contributed by atoms with Crippen LogP contribution in [0.15, 0.2) is 69.5 Å². The summed E-state index contributed by atoms with van der Waals surface area (Å²) < 4.78 is 12.5. The Morgan fingerprint density at radius 3 is 2.97 bits per heavy atom. The number of fused-ring (bicyclic) bond motifs is 2. The van der Waals surface area contributed by atoms with E-state index in [1.807, 2.05) is 24.3 Å². The molecule has 3 aromatic rings. The fraction of sp³-hybridized carbons (Fsp3) is 0.320. The zero-order chi connectivity index (χ0) is 22.6. The summed E-state index contributed by atoms with van der Waals surface area (Å²) in [6, 6.07) is 12.0. The Hall–Kier alpha value is -3.10. The second-order valence-electron chi connectivity index (χ2n) is 8.21. The number of allylic oxidation sites excluding steroid dienone is 1. The minimum Gasteiger partial charge on any atom is -0.493 e. The molecule has 2 aliphatic heterocycles. The first-order valence-electron chi connectivity index (χ1n) is 11.2. The number of rotatable bonds is 7. The van der Waals surface area contributed by atoms with Crippen molar-refractivity contribution in [2.45, 2.75) is 48.2 Å². The summed E-state index contributed by atoms with van der Waals surface area (Å²) in [5.41, 5.74) is 1.34. The van der Waals surface area contributed by atoms with E-state index in [1.54, 1.807) is 30.2 Å². The molecule has 8 heteroatoms. The smallest absolute Gasteiger partial charge is 0.274 e. The number of nitrogens with zero attached hydrogens (tertiary/aromatic N) is 2. The van der Waals surface area contributed by atoms with E-state index in [4.69, 9.17) is 14.9 Å². The maximum atomic E-state index is 12.9. The summed E-state index contributed by atoms with van der Waals surface area (Å²) in [6.45, 7) is 1.63. The third-order valence-electron chi connectivity index (χ3n) is 5.79. The highest BCUT2D eigenvalue weighted by Crippen LogP contribution is 2.34. The van der Waals surface area contributed by atoms with Crippen molar-refractivity contribution in [2.75, 3.05) is 13.2 Å². The van der Waals surface area contributed by atoms with Gasteiger partial charge in [0, 0.05) is 34.4 Å². The molecule has 0 bridgehead atoms. The molecule has 7 nitrogen and oxygen atoms in total. The van der Waals surface area contributed by atoms with Crippen LogP contribution in [-0.2, 0) is 17.7 Å². The average molecular weight is 463 g/mol. The van der Waals surface area contributed by atoms with Crippen LogP contribution in [0.4, 0.5) is 0 Å². The second-order valence-corrected chi connectivity index (χ2v) is 9.35. The van der Waals surface area contributed by atoms with E-state index >= 15 is 0 Å². The van der Waals surface area contributed by atoms with Gasteiger partial charge < -0.3 is 20.2 Å². The molecule has 170 valence electrons. The highest BCUT2D eigenvalue weighted by molar-refractivity contribution is 7.99. The molecule has 1 unspecified atom stereocenters. The predicted molar refractivity (Wildman–Crippen MR) is 129 cm³/mol. The lowest BCUT2D eigenvalue weighted by Crippen LogP contribution is -2.31. The maximum absolute atomic E-state index is 12.9. The summed E-state index contributed by atoms with van der Waals surface area (Å²) in [7, 11) is 0. The third kappa shape index (κ3) is 5.12. The predicted octanol–water partition coefficient (Wildman–Crippen LogP) is 4.13. The Kier molecular flexibility index (Phi) is 6.46. The van der Waals surface area contributed by atoms with Gasteiger partial charge in [0.1, 0.15) is 12.0 Å². The summed E-state index contributed by atoms with van der Waals surface area (Å²) in [5, 5.41) is 17.0. The van der Waals surface area contributed by atoms with Gasteiger partial charge in [-0.15, -0.1) is 0 Å². The average Bonchev–Trinajstić information content (AvgIpc) is 3.30. The van der Waals surface area contributed by atoms with Gasteiger partial charge in [-0.1, -0.05) is 11.8 Å². The summed E-state index contributed by atoms with van der Waals surface area (Å²) in [4.78, 5) is 15.1. The Bertz CT molecular complexity index is 1260. The zero-order valence-corrected chi connectivity index (χ0v) is 19.1. The lowest BCUT2D eigenvalue weighted by molar-refractivity contribution is 0.00339. The summed E-state index contributed by atoms with van der Waals surface area (Å²) in [5.74, 6) is 0.973. The number of benzene rings is 2. The fourth-order valence-electron chi connectivity index (χ4n) is 4.05. The van der Waals surface area contributed by atoms with Crippen molar-refractivity contribution < 1.29 is 9.47 Å². The fourth-order valence-corrected chi connectivity index (χ4v) is 4.98. The van der Waals surface area contributed by atoms with E-state index in [-0.39, 0.29) is 18.3 Å². The molecule has 1 atom stereocenters. The molecular weight excluding hydrogens is 436 g/mol. The van der Waals surface area contributed by atoms with Crippen LogP contribution in [0.25, 0.3) is 10.8 Å². The first kappa shape index (κ1) is 21.7. The Morgan fingerprint density at radius 1 is 1.21 bits per heavy atom. The molecule has 0 saturated carbocycles. The summed E-state index contributed by atoms with van der Waals surface area (Å²) in [6.07, 6.45) is 9.21. The topological polar surface area (TPSA) is 89.2 Å². The van der Waals surface area contributed by atoms with Crippen LogP contribution >= 0.6 is 11.8 Å². The molecule has 1 saturated heterocycles. The number of nitrogens with one attached hydrogen (secondary N) is 2. The van der Waals surface area contributed by atoms with Crippen molar-refractivity contribution >= 4 is 28.2 Å². The van der Waals surface area contributed by atoms with Gasteiger partial charge in [-0.05, 0) is 67.3 Å². The lowest BCUT2D eigenvalue weighted by Gasteiger charge is -2.22. The maximum Gasteiger partial charge on any atom is 0.274 e. The Morgan fingerprint density at radius 2 is 2.09 bits per heavy atom. The molecule has 2 aromatic carbocycles. The molecule has 0 radical (unpaired) electrons. The van der Waals surface area contributed by atoms with E-state index in [0.29, 0.717) is 11.1 Å². The standard InChI is InChI=1S/C25H26N4O3S/c26-19(8-10-27-24-3-1-2-11-32-24)16-29-25(30)22-6-4-20(14-18(22)15-28-29)33-21-5-7-23-17(13-21)9-12-31-23/h4-8,10,13-15,24,26-27H,1-3,9,11-12,16H2/b10-8-,26-19?. The van der Waals surface area contributed by atoms with Crippen molar-refractivity contribution in [3.8, 4) is 5.75 Å². The molecule has 33 heavy (non-hydrogen) atoms. The van der Waals surface area contributed by atoms with Gasteiger partial charge in [0.15, 0.2) is 0 Å². The van der Waals surface area contributed by atoms with Gasteiger partial charge in [0.2, 0.25) is 0 Å². The summed E-state index contributed by atoms with van der Waals surface area (Å²) >= 11 is 1.66. The Labute approximate surface area is 196 Å². The molecular formula is C25H26N4O3S. The molecule has 1 aromatic heterocycles. The molecule has 2 aliphatic rings. The van der Waals surface area contributed by atoms with Gasteiger partial charge >= 0.3 is 0 Å². The SMILES string of the molecule is N=C(/C=C\NC1CCCCO1)Cn1ncc2cc(Sc3ccc4c(c3)CCO4)ccc2c1=O. The number of hydrogen-bond acceptors (Lipinski definition) is 7. The van der Waals surface area contributed by atoms with Crippen LogP contribution in [0.5, 0.6) is 5.75 Å². The van der Waals surface area contributed by atoms with Crippen LogP contribution < -0.4 is 15.6 Å². The van der Waals surface area contributed by atoms with E-state index in [2.05, 4.69) is 22.5 Å². The largest absolute Gasteiger partial charge is 0.493 e. The Balaban J connectivity index is 1.26. The number of ether oxygens (including phenoxy) is 2. The minimum atomic E-state index is -0.194. The molecule has 0 spiro atoms. The first-order valence-corrected chi connectivity index (χ1v) is 12.0. The zero-order valence-electron chi connectivity index (χ0n) is 18.3. The molecule has 0 aliphatic carbocycles. The van der Waals surface area contributed by atoms with E-state index in [9.17, 15) is 4.79 Å². The van der Waals surface area contributed by atoms with Crippen LogP contribution in [0.2, 0.25) is 0 Å².